The molecule has 1 aromatic heterocycles. The predicted molar refractivity (Wildman–Crippen MR) is 86.3 cm³/mol. The van der Waals surface area contributed by atoms with Gasteiger partial charge in [-0.1, -0.05) is 28.1 Å². The third-order valence-corrected chi connectivity index (χ3v) is 3.29. The highest BCUT2D eigenvalue weighted by Gasteiger charge is 2.19. The zero-order valence-electron chi connectivity index (χ0n) is 12.5. The van der Waals surface area contributed by atoms with Crippen molar-refractivity contribution >= 4 is 27.8 Å². The fraction of sp³-hybridized carbons (Fsp3) is 0.333. The number of rotatable bonds is 2. The normalized spacial score (nSPS) is 11.3. The maximum absolute atomic E-state index is 11.8. The monoisotopic (exact) mass is 351 g/mol. The molecule has 6 heteroatoms. The number of H-pyrrole nitrogens is 1. The molecule has 0 aliphatic carbocycles. The number of benzene rings is 1. The molecule has 1 heterocycles. The number of ether oxygens (including phenoxy) is 1. The molecule has 0 fully saturated rings. The summed E-state index contributed by atoms with van der Waals surface area (Å²) in [6, 6.07) is 7.86. The largest absolute Gasteiger partial charge is 0.444 e. The van der Waals surface area contributed by atoms with E-state index in [0.717, 1.165) is 21.3 Å². The molecule has 1 aromatic carbocycles. The molecule has 2 rings (SSSR count). The number of aromatic nitrogens is 2. The lowest BCUT2D eigenvalue weighted by molar-refractivity contribution is 0.0635. The molecule has 0 bridgehead atoms. The van der Waals surface area contributed by atoms with Gasteiger partial charge in [0.25, 0.3) is 0 Å². The molecule has 1 amide bonds. The fourth-order valence-electron chi connectivity index (χ4n) is 1.82. The van der Waals surface area contributed by atoms with Crippen LogP contribution < -0.4 is 5.32 Å². The molecule has 21 heavy (non-hydrogen) atoms. The van der Waals surface area contributed by atoms with Crippen molar-refractivity contribution < 1.29 is 9.53 Å². The lowest BCUT2D eigenvalue weighted by atomic mass is 10.1. The molecule has 0 aliphatic heterocycles. The number of nitrogens with one attached hydrogen (secondary N) is 2. The number of halogens is 1. The molecule has 2 N–H and O–H groups in total. The van der Waals surface area contributed by atoms with E-state index in [2.05, 4.69) is 31.4 Å². The average Bonchev–Trinajstić information content (AvgIpc) is 2.70. The Bertz CT molecular complexity index is 642. The first-order chi connectivity index (χ1) is 9.76. The van der Waals surface area contributed by atoms with Gasteiger partial charge < -0.3 is 4.74 Å². The van der Waals surface area contributed by atoms with Crippen molar-refractivity contribution in [1.82, 2.24) is 10.2 Å². The Morgan fingerprint density at radius 2 is 1.90 bits per heavy atom. The summed E-state index contributed by atoms with van der Waals surface area (Å²) < 4.78 is 6.23. The molecule has 0 saturated carbocycles. The summed E-state index contributed by atoms with van der Waals surface area (Å²) in [5.74, 6) is 0.474. The number of hydrogen-bond acceptors (Lipinski definition) is 3. The van der Waals surface area contributed by atoms with Gasteiger partial charge in [0, 0.05) is 10.0 Å². The SMILES string of the molecule is Cc1c(NC(=O)OC(C)(C)C)n[nH]c1-c1ccc(Br)cc1. The second-order valence-electron chi connectivity index (χ2n) is 5.71. The van der Waals surface area contributed by atoms with Gasteiger partial charge in [-0.2, -0.15) is 5.10 Å². The van der Waals surface area contributed by atoms with Crippen LogP contribution in [0.4, 0.5) is 10.6 Å². The molecule has 0 spiro atoms. The summed E-state index contributed by atoms with van der Waals surface area (Å²) in [5, 5.41) is 9.73. The second-order valence-corrected chi connectivity index (χ2v) is 6.62. The topological polar surface area (TPSA) is 67.0 Å². The van der Waals surface area contributed by atoms with Crippen molar-refractivity contribution in [2.24, 2.45) is 0 Å². The van der Waals surface area contributed by atoms with Crippen molar-refractivity contribution in [3.8, 4) is 11.3 Å². The number of anilines is 1. The molecule has 0 unspecified atom stereocenters. The lowest BCUT2D eigenvalue weighted by Gasteiger charge is -2.19. The van der Waals surface area contributed by atoms with Gasteiger partial charge in [-0.25, -0.2) is 4.79 Å². The van der Waals surface area contributed by atoms with Crippen LogP contribution in [-0.2, 0) is 4.74 Å². The Morgan fingerprint density at radius 1 is 1.29 bits per heavy atom. The van der Waals surface area contributed by atoms with E-state index in [9.17, 15) is 4.79 Å². The third kappa shape index (κ3) is 4.07. The zero-order valence-corrected chi connectivity index (χ0v) is 14.0. The van der Waals surface area contributed by atoms with Crippen LogP contribution >= 0.6 is 15.9 Å². The maximum atomic E-state index is 11.8. The van der Waals surface area contributed by atoms with Gasteiger partial charge in [0.2, 0.25) is 0 Å². The van der Waals surface area contributed by atoms with Crippen molar-refractivity contribution in [2.75, 3.05) is 5.32 Å². The molecule has 2 aromatic rings. The number of nitrogens with zero attached hydrogens (tertiary/aromatic N) is 1. The number of aromatic amines is 1. The smallest absolute Gasteiger partial charge is 0.413 e. The quantitative estimate of drug-likeness (QED) is 0.837. The van der Waals surface area contributed by atoms with E-state index in [1.807, 2.05) is 52.0 Å². The summed E-state index contributed by atoms with van der Waals surface area (Å²) in [6.07, 6.45) is -0.514. The number of hydrogen-bond donors (Lipinski definition) is 2. The second kappa shape index (κ2) is 5.89. The van der Waals surface area contributed by atoms with Gasteiger partial charge in [-0.05, 0) is 45.4 Å². The summed E-state index contributed by atoms with van der Waals surface area (Å²) in [7, 11) is 0. The van der Waals surface area contributed by atoms with Gasteiger partial charge in [-0.3, -0.25) is 10.4 Å². The van der Waals surface area contributed by atoms with Gasteiger partial charge in [0.1, 0.15) is 5.60 Å². The minimum absolute atomic E-state index is 0.474. The average molecular weight is 352 g/mol. The Kier molecular flexibility index (Phi) is 4.37. The first-order valence-corrected chi connectivity index (χ1v) is 7.36. The van der Waals surface area contributed by atoms with Gasteiger partial charge in [0.05, 0.1) is 5.69 Å². The standard InChI is InChI=1S/C15H18BrN3O2/c1-9-12(10-5-7-11(16)8-6-10)18-19-13(9)17-14(20)21-15(2,3)4/h5-8H,1-4H3,(H2,17,18,19,20). The highest BCUT2D eigenvalue weighted by atomic mass is 79.9. The molecule has 0 atom stereocenters. The number of carbonyl (C=O) groups excluding carboxylic acids is 1. The lowest BCUT2D eigenvalue weighted by Crippen LogP contribution is -2.27. The molecule has 0 saturated heterocycles. The number of amides is 1. The van der Waals surface area contributed by atoms with E-state index in [4.69, 9.17) is 4.74 Å². The van der Waals surface area contributed by atoms with E-state index in [0.29, 0.717) is 5.82 Å². The minimum atomic E-state index is -0.539. The molecule has 0 radical (unpaired) electrons. The van der Waals surface area contributed by atoms with Crippen LogP contribution in [0.25, 0.3) is 11.3 Å². The van der Waals surface area contributed by atoms with Crippen LogP contribution in [0.15, 0.2) is 28.7 Å². The molecule has 112 valence electrons. The Balaban J connectivity index is 2.17. The molecular weight excluding hydrogens is 334 g/mol. The summed E-state index contributed by atoms with van der Waals surface area (Å²) >= 11 is 3.40. The van der Waals surface area contributed by atoms with Crippen molar-refractivity contribution in [1.29, 1.82) is 0 Å². The minimum Gasteiger partial charge on any atom is -0.444 e. The van der Waals surface area contributed by atoms with Gasteiger partial charge >= 0.3 is 6.09 Å². The molecule has 5 nitrogen and oxygen atoms in total. The van der Waals surface area contributed by atoms with Crippen molar-refractivity contribution in [3.05, 3.63) is 34.3 Å². The van der Waals surface area contributed by atoms with Crippen molar-refractivity contribution in [2.45, 2.75) is 33.3 Å². The van der Waals surface area contributed by atoms with Crippen LogP contribution in [0.3, 0.4) is 0 Å². The highest BCUT2D eigenvalue weighted by molar-refractivity contribution is 9.10. The van der Waals surface area contributed by atoms with E-state index >= 15 is 0 Å². The van der Waals surface area contributed by atoms with Crippen LogP contribution in [0.2, 0.25) is 0 Å². The Labute approximate surface area is 132 Å². The van der Waals surface area contributed by atoms with E-state index in [1.54, 1.807) is 0 Å². The Hall–Kier alpha value is -1.82. The van der Waals surface area contributed by atoms with E-state index < -0.39 is 11.7 Å². The van der Waals surface area contributed by atoms with Gasteiger partial charge in [0.15, 0.2) is 5.82 Å². The molecule has 0 aliphatic rings. The fourth-order valence-corrected chi connectivity index (χ4v) is 2.08. The van der Waals surface area contributed by atoms with Crippen LogP contribution in [-0.4, -0.2) is 21.9 Å². The summed E-state index contributed by atoms with van der Waals surface area (Å²) in [5.41, 5.74) is 2.19. The maximum Gasteiger partial charge on any atom is 0.413 e. The predicted octanol–water partition coefficient (Wildman–Crippen LogP) is 4.49. The van der Waals surface area contributed by atoms with Crippen LogP contribution in [0, 0.1) is 6.92 Å². The van der Waals surface area contributed by atoms with Crippen LogP contribution in [0.1, 0.15) is 26.3 Å². The Morgan fingerprint density at radius 3 is 2.48 bits per heavy atom. The summed E-state index contributed by atoms with van der Waals surface area (Å²) in [6.45, 7) is 7.35. The third-order valence-electron chi connectivity index (χ3n) is 2.76. The summed E-state index contributed by atoms with van der Waals surface area (Å²) in [4.78, 5) is 11.8. The van der Waals surface area contributed by atoms with Crippen LogP contribution in [0.5, 0.6) is 0 Å². The van der Waals surface area contributed by atoms with E-state index in [-0.39, 0.29) is 0 Å². The first-order valence-electron chi connectivity index (χ1n) is 6.57. The van der Waals surface area contributed by atoms with Crippen molar-refractivity contribution in [3.63, 3.8) is 0 Å². The molecular formula is C15H18BrN3O2. The zero-order chi connectivity index (χ0) is 15.6. The highest BCUT2D eigenvalue weighted by Crippen LogP contribution is 2.27. The number of carbonyl (C=O) groups is 1. The van der Waals surface area contributed by atoms with E-state index in [1.165, 1.54) is 0 Å². The van der Waals surface area contributed by atoms with Gasteiger partial charge in [-0.15, -0.1) is 0 Å². The first kappa shape index (κ1) is 15.6.